The topological polar surface area (TPSA) is 108 Å². The summed E-state index contributed by atoms with van der Waals surface area (Å²) in [6.45, 7) is 3.75. The first-order chi connectivity index (χ1) is 15.0. The molecule has 0 atom stereocenters. The van der Waals surface area contributed by atoms with Crippen molar-refractivity contribution >= 4 is 28.7 Å². The molecule has 3 rings (SSSR count). The third-order valence-electron chi connectivity index (χ3n) is 4.45. The van der Waals surface area contributed by atoms with E-state index in [0.29, 0.717) is 40.9 Å². The minimum atomic E-state index is -0.634. The Bertz CT molecular complexity index is 1090. The first-order valence-electron chi connectivity index (χ1n) is 10.0. The Morgan fingerprint density at radius 2 is 1.90 bits per heavy atom. The van der Waals surface area contributed by atoms with E-state index >= 15 is 0 Å². The molecule has 0 radical (unpaired) electrons. The lowest BCUT2D eigenvalue weighted by Crippen LogP contribution is -2.30. The van der Waals surface area contributed by atoms with E-state index in [2.05, 4.69) is 10.3 Å². The van der Waals surface area contributed by atoms with Crippen LogP contribution in [0.25, 0.3) is 22.4 Å². The molecule has 2 heterocycles. The lowest BCUT2D eigenvalue weighted by atomic mass is 10.1. The second-order valence-corrected chi connectivity index (χ2v) is 6.82. The van der Waals surface area contributed by atoms with Crippen LogP contribution in [0.1, 0.15) is 35.9 Å². The van der Waals surface area contributed by atoms with Crippen LogP contribution in [0.4, 0.5) is 0 Å². The van der Waals surface area contributed by atoms with Crippen LogP contribution < -0.4 is 5.32 Å². The van der Waals surface area contributed by atoms with Gasteiger partial charge in [-0.2, -0.15) is 0 Å². The van der Waals surface area contributed by atoms with Crippen molar-refractivity contribution in [2.45, 2.75) is 26.7 Å². The van der Waals surface area contributed by atoms with Gasteiger partial charge in [0.05, 0.1) is 17.7 Å². The minimum Gasteiger partial charge on any atom is -0.466 e. The number of nitrogens with zero attached hydrogens (tertiary/aromatic N) is 1. The number of hydrogen-bond acceptors (Lipinski definition) is 7. The molecule has 0 spiro atoms. The SMILES string of the molecule is CCOC(=O)CCCNC(=O)COC(=O)c1cc(-c2ccc(C)o2)nc2ccccc12. The van der Waals surface area contributed by atoms with Crippen molar-refractivity contribution in [3.8, 4) is 11.5 Å². The molecule has 31 heavy (non-hydrogen) atoms. The third kappa shape index (κ3) is 5.91. The number of aryl methyl sites for hydroxylation is 1. The second-order valence-electron chi connectivity index (χ2n) is 6.82. The van der Waals surface area contributed by atoms with Crippen molar-refractivity contribution < 1.29 is 28.3 Å². The maximum atomic E-state index is 12.7. The fraction of sp³-hybridized carbons (Fsp3) is 0.304. The fourth-order valence-electron chi connectivity index (χ4n) is 3.00. The number of para-hydroxylation sites is 1. The predicted octanol–water partition coefficient (Wildman–Crippen LogP) is 3.42. The molecule has 1 N–H and O–H groups in total. The van der Waals surface area contributed by atoms with Crippen molar-refractivity contribution in [2.24, 2.45) is 0 Å². The number of carbonyl (C=O) groups is 3. The Labute approximate surface area is 179 Å². The summed E-state index contributed by atoms with van der Waals surface area (Å²) >= 11 is 0. The molecule has 8 nitrogen and oxygen atoms in total. The number of ether oxygens (including phenoxy) is 2. The van der Waals surface area contributed by atoms with Crippen LogP contribution in [0.15, 0.2) is 46.9 Å². The average Bonchev–Trinajstić information content (AvgIpc) is 3.21. The molecule has 0 aliphatic carbocycles. The minimum absolute atomic E-state index is 0.214. The smallest absolute Gasteiger partial charge is 0.339 e. The van der Waals surface area contributed by atoms with E-state index in [9.17, 15) is 14.4 Å². The molecule has 0 saturated carbocycles. The quantitative estimate of drug-likeness (QED) is 0.414. The highest BCUT2D eigenvalue weighted by molar-refractivity contribution is 6.05. The Morgan fingerprint density at radius 3 is 2.65 bits per heavy atom. The Balaban J connectivity index is 1.64. The molecule has 0 fully saturated rings. The van der Waals surface area contributed by atoms with Crippen LogP contribution in [0.5, 0.6) is 0 Å². The number of furan rings is 1. The summed E-state index contributed by atoms with van der Waals surface area (Å²) in [6, 6.07) is 12.4. The number of carbonyl (C=O) groups excluding carboxylic acids is 3. The second kappa shape index (κ2) is 10.4. The van der Waals surface area contributed by atoms with Crippen molar-refractivity contribution in [1.29, 1.82) is 0 Å². The lowest BCUT2D eigenvalue weighted by molar-refractivity contribution is -0.143. The molecule has 1 aromatic carbocycles. The van der Waals surface area contributed by atoms with Gasteiger partial charge in [-0.15, -0.1) is 0 Å². The van der Waals surface area contributed by atoms with Crippen molar-refractivity contribution in [1.82, 2.24) is 10.3 Å². The van der Waals surface area contributed by atoms with E-state index in [-0.39, 0.29) is 18.9 Å². The largest absolute Gasteiger partial charge is 0.466 e. The van der Waals surface area contributed by atoms with E-state index in [1.165, 1.54) is 0 Å². The maximum absolute atomic E-state index is 12.7. The zero-order valence-electron chi connectivity index (χ0n) is 17.5. The van der Waals surface area contributed by atoms with E-state index < -0.39 is 18.5 Å². The number of benzene rings is 1. The van der Waals surface area contributed by atoms with Gasteiger partial charge in [0, 0.05) is 18.4 Å². The lowest BCUT2D eigenvalue weighted by Gasteiger charge is -2.09. The Morgan fingerprint density at radius 1 is 1.10 bits per heavy atom. The number of fused-ring (bicyclic) bond motifs is 1. The first kappa shape index (κ1) is 22.0. The zero-order chi connectivity index (χ0) is 22.2. The monoisotopic (exact) mass is 424 g/mol. The number of amides is 1. The summed E-state index contributed by atoms with van der Waals surface area (Å²) in [5.41, 5.74) is 1.41. The zero-order valence-corrected chi connectivity index (χ0v) is 17.5. The summed E-state index contributed by atoms with van der Waals surface area (Å²) in [7, 11) is 0. The van der Waals surface area contributed by atoms with Crippen LogP contribution >= 0.6 is 0 Å². The van der Waals surface area contributed by atoms with E-state index in [1.54, 1.807) is 37.3 Å². The standard InChI is InChI=1S/C23H24N2O6/c1-3-29-22(27)9-6-12-24-21(26)14-30-23(28)17-13-19(20-11-10-15(2)31-20)25-18-8-5-4-7-16(17)18/h4-5,7-8,10-11,13H,3,6,9,12,14H2,1-2H3,(H,24,26). The number of esters is 2. The average molecular weight is 424 g/mol. The molecule has 8 heteroatoms. The van der Waals surface area contributed by atoms with Gasteiger partial charge in [-0.3, -0.25) is 9.59 Å². The molecule has 0 saturated heterocycles. The molecule has 0 bridgehead atoms. The predicted molar refractivity (Wildman–Crippen MR) is 113 cm³/mol. The number of nitrogens with one attached hydrogen (secondary N) is 1. The van der Waals surface area contributed by atoms with Gasteiger partial charge < -0.3 is 19.2 Å². The first-order valence-corrected chi connectivity index (χ1v) is 10.0. The van der Waals surface area contributed by atoms with Crippen LogP contribution in [0, 0.1) is 6.92 Å². The van der Waals surface area contributed by atoms with Crippen molar-refractivity contribution in [3.63, 3.8) is 0 Å². The molecule has 2 aromatic heterocycles. The summed E-state index contributed by atoms with van der Waals surface area (Å²) in [6.07, 6.45) is 0.658. The summed E-state index contributed by atoms with van der Waals surface area (Å²) in [4.78, 5) is 40.5. The van der Waals surface area contributed by atoms with Gasteiger partial charge in [-0.1, -0.05) is 18.2 Å². The van der Waals surface area contributed by atoms with Gasteiger partial charge in [0.15, 0.2) is 12.4 Å². The highest BCUT2D eigenvalue weighted by atomic mass is 16.5. The van der Waals surface area contributed by atoms with E-state index in [4.69, 9.17) is 13.9 Å². The Hall–Kier alpha value is -3.68. The van der Waals surface area contributed by atoms with E-state index in [0.717, 1.165) is 5.76 Å². The van der Waals surface area contributed by atoms with Gasteiger partial charge in [0.25, 0.3) is 5.91 Å². The van der Waals surface area contributed by atoms with Crippen LogP contribution in [0.3, 0.4) is 0 Å². The molecule has 1 amide bonds. The summed E-state index contributed by atoms with van der Waals surface area (Å²) < 4.78 is 15.7. The van der Waals surface area contributed by atoms with E-state index in [1.807, 2.05) is 19.1 Å². The summed E-state index contributed by atoms with van der Waals surface area (Å²) in [5, 5.41) is 3.23. The number of pyridine rings is 1. The van der Waals surface area contributed by atoms with Crippen LogP contribution in [-0.4, -0.2) is 42.6 Å². The molecular formula is C23H24N2O6. The van der Waals surface area contributed by atoms with Gasteiger partial charge in [0.2, 0.25) is 0 Å². The van der Waals surface area contributed by atoms with Crippen LogP contribution in [-0.2, 0) is 19.1 Å². The van der Waals surface area contributed by atoms with Crippen molar-refractivity contribution in [3.05, 3.63) is 53.8 Å². The van der Waals surface area contributed by atoms with Crippen molar-refractivity contribution in [2.75, 3.05) is 19.8 Å². The number of aromatic nitrogens is 1. The molecule has 162 valence electrons. The molecular weight excluding hydrogens is 400 g/mol. The molecule has 3 aromatic rings. The highest BCUT2D eigenvalue weighted by Gasteiger charge is 2.17. The Kier molecular flexibility index (Phi) is 7.37. The number of rotatable bonds is 9. The molecule has 0 unspecified atom stereocenters. The normalized spacial score (nSPS) is 10.6. The number of hydrogen-bond donors (Lipinski definition) is 1. The van der Waals surface area contributed by atoms with Gasteiger partial charge in [-0.25, -0.2) is 9.78 Å². The van der Waals surface area contributed by atoms with Gasteiger partial charge >= 0.3 is 11.9 Å². The molecule has 0 aliphatic rings. The maximum Gasteiger partial charge on any atom is 0.339 e. The van der Waals surface area contributed by atoms with Crippen LogP contribution in [0.2, 0.25) is 0 Å². The fourth-order valence-corrected chi connectivity index (χ4v) is 3.00. The van der Waals surface area contributed by atoms with Gasteiger partial charge in [-0.05, 0) is 44.5 Å². The highest BCUT2D eigenvalue weighted by Crippen LogP contribution is 2.26. The van der Waals surface area contributed by atoms with Gasteiger partial charge in [0.1, 0.15) is 11.5 Å². The third-order valence-corrected chi connectivity index (χ3v) is 4.45. The molecule has 0 aliphatic heterocycles. The summed E-state index contributed by atoms with van der Waals surface area (Å²) in [5.74, 6) is -0.122.